The molecule has 0 saturated carbocycles. The van der Waals surface area contributed by atoms with Crippen molar-refractivity contribution in [2.75, 3.05) is 6.26 Å². The summed E-state index contributed by atoms with van der Waals surface area (Å²) in [5, 5.41) is 1.35. The summed E-state index contributed by atoms with van der Waals surface area (Å²) >= 11 is 7.25. The molecule has 0 amide bonds. The SMILES string of the molecule is CSCc1cc(C(C)(C)C)cc(C(C)(C)C)c1P=S. The summed E-state index contributed by atoms with van der Waals surface area (Å²) in [6.45, 7) is 13.7. The lowest BCUT2D eigenvalue weighted by molar-refractivity contribution is 0.570. The highest BCUT2D eigenvalue weighted by atomic mass is 32.4. The monoisotopic (exact) mass is 312 g/mol. The van der Waals surface area contributed by atoms with Crippen LogP contribution in [0.3, 0.4) is 0 Å². The molecule has 0 aliphatic heterocycles. The average molecular weight is 312 g/mol. The van der Waals surface area contributed by atoms with Gasteiger partial charge in [-0.15, -0.1) is 0 Å². The Morgan fingerprint density at radius 3 is 2.00 bits per heavy atom. The molecule has 3 heteroatoms. The van der Waals surface area contributed by atoms with E-state index in [-0.39, 0.29) is 10.8 Å². The van der Waals surface area contributed by atoms with Gasteiger partial charge in [0.2, 0.25) is 0 Å². The van der Waals surface area contributed by atoms with Gasteiger partial charge in [-0.05, 0) is 33.8 Å². The van der Waals surface area contributed by atoms with E-state index in [1.54, 1.807) is 0 Å². The first-order valence-corrected chi connectivity index (χ1v) is 9.91. The predicted octanol–water partition coefficient (Wildman–Crippen LogP) is 5.18. The van der Waals surface area contributed by atoms with Crippen LogP contribution in [0.5, 0.6) is 0 Å². The topological polar surface area (TPSA) is 0 Å². The van der Waals surface area contributed by atoms with E-state index >= 15 is 0 Å². The summed E-state index contributed by atoms with van der Waals surface area (Å²) < 4.78 is 0. The first kappa shape index (κ1) is 17.1. The molecule has 1 aromatic rings. The van der Waals surface area contributed by atoms with E-state index in [4.69, 9.17) is 11.8 Å². The molecular formula is C16H25PS2. The van der Waals surface area contributed by atoms with Gasteiger partial charge in [0.15, 0.2) is 0 Å². The third-order valence-electron chi connectivity index (χ3n) is 3.25. The van der Waals surface area contributed by atoms with Crippen molar-refractivity contribution >= 4 is 36.2 Å². The van der Waals surface area contributed by atoms with Crippen LogP contribution in [-0.2, 0) is 28.4 Å². The molecule has 0 aromatic heterocycles. The number of benzene rings is 1. The highest BCUT2D eigenvalue weighted by Crippen LogP contribution is 2.31. The number of hydrogen-bond donors (Lipinski definition) is 0. The van der Waals surface area contributed by atoms with E-state index in [9.17, 15) is 0 Å². The maximum absolute atomic E-state index is 5.38. The molecule has 0 heterocycles. The first-order chi connectivity index (χ1) is 8.61. The van der Waals surface area contributed by atoms with E-state index in [1.807, 2.05) is 11.8 Å². The van der Waals surface area contributed by atoms with E-state index in [0.29, 0.717) is 0 Å². The lowest BCUT2D eigenvalue weighted by Gasteiger charge is -2.28. The summed E-state index contributed by atoms with van der Waals surface area (Å²) in [4.78, 5) is 0. The Labute approximate surface area is 129 Å². The number of rotatable bonds is 3. The summed E-state index contributed by atoms with van der Waals surface area (Å²) in [5.74, 6) is 1.05. The van der Waals surface area contributed by atoms with Gasteiger partial charge in [-0.2, -0.15) is 11.8 Å². The summed E-state index contributed by atoms with van der Waals surface area (Å²) in [7, 11) is 0.970. The third kappa shape index (κ3) is 4.28. The third-order valence-corrected chi connectivity index (χ3v) is 5.11. The molecule has 0 radical (unpaired) electrons. The van der Waals surface area contributed by atoms with E-state index in [2.05, 4.69) is 59.9 Å². The largest absolute Gasteiger partial charge is 0.161 e. The van der Waals surface area contributed by atoms with Gasteiger partial charge >= 0.3 is 0 Å². The molecule has 106 valence electrons. The summed E-state index contributed by atoms with van der Waals surface area (Å²) in [6, 6.07) is 4.73. The van der Waals surface area contributed by atoms with E-state index < -0.39 is 0 Å². The van der Waals surface area contributed by atoms with Crippen LogP contribution in [0.15, 0.2) is 12.1 Å². The second kappa shape index (κ2) is 6.24. The molecule has 0 saturated heterocycles. The van der Waals surface area contributed by atoms with Crippen LogP contribution in [0.1, 0.15) is 58.2 Å². The fraction of sp³-hybridized carbons (Fsp3) is 0.625. The summed E-state index contributed by atoms with van der Waals surface area (Å²) in [5.41, 5.74) is 4.59. The van der Waals surface area contributed by atoms with Gasteiger partial charge in [0.1, 0.15) is 0 Å². The second-order valence-corrected chi connectivity index (χ2v) is 9.10. The Morgan fingerprint density at radius 1 is 1.05 bits per heavy atom. The van der Waals surface area contributed by atoms with E-state index in [0.717, 1.165) is 13.1 Å². The molecule has 0 nitrogen and oxygen atoms in total. The zero-order valence-corrected chi connectivity index (χ0v) is 15.7. The van der Waals surface area contributed by atoms with Crippen LogP contribution in [0, 0.1) is 0 Å². The van der Waals surface area contributed by atoms with Crippen molar-refractivity contribution in [3.05, 3.63) is 28.8 Å². The van der Waals surface area contributed by atoms with Gasteiger partial charge in [-0.25, -0.2) is 0 Å². The standard InChI is InChI=1S/C16H25PS2/c1-15(2,3)12-8-11(10-19-7)14(17-18)13(9-12)16(4,5)6/h8-9H,10H2,1-7H3. The molecule has 0 spiro atoms. The second-order valence-electron chi connectivity index (χ2n) is 7.06. The molecule has 0 aliphatic rings. The van der Waals surface area contributed by atoms with Crippen LogP contribution in [0.2, 0.25) is 0 Å². The number of thioether (sulfide) groups is 1. The Kier molecular flexibility index (Phi) is 5.63. The highest BCUT2D eigenvalue weighted by Gasteiger charge is 2.24. The quantitative estimate of drug-likeness (QED) is 0.706. The van der Waals surface area contributed by atoms with Gasteiger partial charge in [0.05, 0.1) is 0 Å². The maximum Gasteiger partial charge on any atom is 0.0205 e. The Hall–Kier alpha value is 0.0900. The molecule has 19 heavy (non-hydrogen) atoms. The zero-order valence-electron chi connectivity index (χ0n) is 13.1. The van der Waals surface area contributed by atoms with E-state index in [1.165, 1.54) is 22.0 Å². The minimum atomic E-state index is 0.148. The lowest BCUT2D eigenvalue weighted by atomic mass is 9.79. The first-order valence-electron chi connectivity index (χ1n) is 6.61. The Balaban J connectivity index is 3.59. The molecule has 1 rings (SSSR count). The zero-order chi connectivity index (χ0) is 14.8. The minimum Gasteiger partial charge on any atom is -0.161 e. The normalized spacial score (nSPS) is 13.0. The molecule has 0 atom stereocenters. The van der Waals surface area contributed by atoms with Gasteiger partial charge < -0.3 is 0 Å². The van der Waals surface area contributed by atoms with Gasteiger partial charge in [0.25, 0.3) is 0 Å². The molecule has 0 unspecified atom stereocenters. The van der Waals surface area contributed by atoms with Crippen LogP contribution < -0.4 is 5.30 Å². The Morgan fingerprint density at radius 2 is 1.63 bits per heavy atom. The predicted molar refractivity (Wildman–Crippen MR) is 95.0 cm³/mol. The maximum atomic E-state index is 5.38. The number of hydrogen-bond acceptors (Lipinski definition) is 2. The van der Waals surface area contributed by atoms with Crippen molar-refractivity contribution < 1.29 is 0 Å². The fourth-order valence-electron chi connectivity index (χ4n) is 2.07. The molecule has 0 N–H and O–H groups in total. The van der Waals surface area contributed by atoms with Crippen molar-refractivity contribution in [3.63, 3.8) is 0 Å². The lowest BCUT2D eigenvalue weighted by Crippen LogP contribution is -2.24. The van der Waals surface area contributed by atoms with Gasteiger partial charge in [-0.1, -0.05) is 65.5 Å². The van der Waals surface area contributed by atoms with Crippen molar-refractivity contribution in [1.29, 1.82) is 0 Å². The molecule has 0 bridgehead atoms. The van der Waals surface area contributed by atoms with Crippen LogP contribution in [0.25, 0.3) is 0 Å². The Bertz CT molecular complexity index is 465. The minimum absolute atomic E-state index is 0.148. The highest BCUT2D eigenvalue weighted by molar-refractivity contribution is 8.00. The van der Waals surface area contributed by atoms with Crippen LogP contribution in [0.4, 0.5) is 0 Å². The average Bonchev–Trinajstić information content (AvgIpc) is 2.26. The van der Waals surface area contributed by atoms with Crippen molar-refractivity contribution in [3.8, 4) is 0 Å². The molecule has 0 fully saturated rings. The van der Waals surface area contributed by atoms with Crippen LogP contribution >= 0.6 is 19.1 Å². The fourth-order valence-corrected chi connectivity index (χ4v) is 4.12. The van der Waals surface area contributed by atoms with Crippen molar-refractivity contribution in [2.45, 2.75) is 58.1 Å². The molecule has 0 aliphatic carbocycles. The van der Waals surface area contributed by atoms with Gasteiger partial charge in [0, 0.05) is 18.4 Å². The molecular weight excluding hydrogens is 287 g/mol. The smallest absolute Gasteiger partial charge is 0.0205 e. The summed E-state index contributed by atoms with van der Waals surface area (Å²) in [6.07, 6.45) is 2.16. The van der Waals surface area contributed by atoms with Gasteiger partial charge in [-0.3, -0.25) is 0 Å². The molecule has 1 aromatic carbocycles. The van der Waals surface area contributed by atoms with Crippen LogP contribution in [-0.4, -0.2) is 6.26 Å². The van der Waals surface area contributed by atoms with Crippen molar-refractivity contribution in [2.24, 2.45) is 0 Å². The van der Waals surface area contributed by atoms with Crippen molar-refractivity contribution in [1.82, 2.24) is 0 Å².